The van der Waals surface area contributed by atoms with Crippen LogP contribution < -0.4 is 0 Å². The predicted molar refractivity (Wildman–Crippen MR) is 77.0 cm³/mol. The Labute approximate surface area is 113 Å². The highest BCUT2D eigenvalue weighted by atomic mass is 16.4. The van der Waals surface area contributed by atoms with Gasteiger partial charge in [-0.2, -0.15) is 0 Å². The highest BCUT2D eigenvalue weighted by molar-refractivity contribution is 5.91. The molecule has 2 heteroatoms. The van der Waals surface area contributed by atoms with Crippen molar-refractivity contribution in [1.29, 1.82) is 0 Å². The molecule has 0 aliphatic rings. The zero-order chi connectivity index (χ0) is 13.7. The summed E-state index contributed by atoms with van der Waals surface area (Å²) < 4.78 is 0. The van der Waals surface area contributed by atoms with Crippen molar-refractivity contribution in [3.05, 3.63) is 76.9 Å². The van der Waals surface area contributed by atoms with Gasteiger partial charge in [-0.3, -0.25) is 0 Å². The Hall–Kier alpha value is -2.35. The van der Waals surface area contributed by atoms with Gasteiger partial charge in [-0.05, 0) is 36.1 Å². The van der Waals surface area contributed by atoms with E-state index in [0.29, 0.717) is 5.57 Å². The Morgan fingerprint density at radius 3 is 2.16 bits per heavy atom. The molecule has 0 bridgehead atoms. The van der Waals surface area contributed by atoms with Gasteiger partial charge in [0, 0.05) is 5.57 Å². The summed E-state index contributed by atoms with van der Waals surface area (Å²) in [5, 5.41) is 8.82. The van der Waals surface area contributed by atoms with Crippen LogP contribution in [0.4, 0.5) is 0 Å². The normalized spacial score (nSPS) is 11.3. The van der Waals surface area contributed by atoms with Crippen LogP contribution in [0, 0.1) is 0 Å². The largest absolute Gasteiger partial charge is 0.478 e. The minimum Gasteiger partial charge on any atom is -0.478 e. The van der Waals surface area contributed by atoms with Crippen LogP contribution in [-0.2, 0) is 11.2 Å². The average molecular weight is 252 g/mol. The van der Waals surface area contributed by atoms with Crippen LogP contribution >= 0.6 is 0 Å². The molecule has 0 fully saturated rings. The van der Waals surface area contributed by atoms with Gasteiger partial charge in [-0.25, -0.2) is 4.79 Å². The Kier molecular flexibility index (Phi) is 4.14. The van der Waals surface area contributed by atoms with Crippen LogP contribution in [0.2, 0.25) is 0 Å². The lowest BCUT2D eigenvalue weighted by Crippen LogP contribution is -1.95. The molecule has 0 radical (unpaired) electrons. The first-order valence-electron chi connectivity index (χ1n) is 6.19. The van der Waals surface area contributed by atoms with Crippen molar-refractivity contribution in [1.82, 2.24) is 0 Å². The molecule has 0 amide bonds. The highest BCUT2D eigenvalue weighted by Crippen LogP contribution is 2.12. The third-order valence-corrected chi connectivity index (χ3v) is 2.95. The Morgan fingerprint density at radius 1 is 1.00 bits per heavy atom. The molecule has 2 nitrogen and oxygen atoms in total. The van der Waals surface area contributed by atoms with E-state index >= 15 is 0 Å². The number of carboxylic acids is 1. The summed E-state index contributed by atoms with van der Waals surface area (Å²) in [6.45, 7) is 1.60. The summed E-state index contributed by atoms with van der Waals surface area (Å²) >= 11 is 0. The van der Waals surface area contributed by atoms with Gasteiger partial charge < -0.3 is 5.11 Å². The van der Waals surface area contributed by atoms with E-state index in [1.807, 2.05) is 42.5 Å². The summed E-state index contributed by atoms with van der Waals surface area (Å²) in [6, 6.07) is 18.2. The molecule has 0 aliphatic heterocycles. The molecule has 0 aromatic heterocycles. The predicted octanol–water partition coefficient (Wildman–Crippen LogP) is 3.77. The molecule has 0 saturated carbocycles. The molecule has 2 rings (SSSR count). The van der Waals surface area contributed by atoms with Gasteiger partial charge in [0.05, 0.1) is 0 Å². The third kappa shape index (κ3) is 3.81. The summed E-state index contributed by atoms with van der Waals surface area (Å²) in [4.78, 5) is 10.7. The second kappa shape index (κ2) is 6.01. The van der Waals surface area contributed by atoms with Gasteiger partial charge in [-0.1, -0.05) is 54.6 Å². The molecule has 0 spiro atoms. The minimum absolute atomic E-state index is 0.343. The highest BCUT2D eigenvalue weighted by Gasteiger charge is 2.00. The van der Waals surface area contributed by atoms with Crippen LogP contribution in [0.15, 0.2) is 60.2 Å². The molecule has 0 atom stereocenters. The molecule has 0 saturated heterocycles. The molecule has 2 aromatic carbocycles. The first kappa shape index (κ1) is 13.1. The Balaban J connectivity index is 2.11. The SMILES string of the molecule is CC(=Cc1ccc(Cc2ccccc2)cc1)C(=O)O. The second-order valence-corrected chi connectivity index (χ2v) is 4.54. The number of hydrogen-bond donors (Lipinski definition) is 1. The maximum Gasteiger partial charge on any atom is 0.331 e. The molecular formula is C17H16O2. The lowest BCUT2D eigenvalue weighted by Gasteiger charge is -2.03. The monoisotopic (exact) mass is 252 g/mol. The summed E-state index contributed by atoms with van der Waals surface area (Å²) in [6.07, 6.45) is 2.57. The number of hydrogen-bond acceptors (Lipinski definition) is 1. The van der Waals surface area contributed by atoms with Crippen LogP contribution in [0.3, 0.4) is 0 Å². The first-order chi connectivity index (χ1) is 9.15. The van der Waals surface area contributed by atoms with Gasteiger partial charge in [0.1, 0.15) is 0 Å². The number of carboxylic acid groups (broad SMARTS) is 1. The summed E-state index contributed by atoms with van der Waals surface area (Å²) in [5.41, 5.74) is 3.75. The van der Waals surface area contributed by atoms with Crippen LogP contribution in [0.5, 0.6) is 0 Å². The Bertz CT molecular complexity index is 580. The van der Waals surface area contributed by atoms with Gasteiger partial charge in [-0.15, -0.1) is 0 Å². The molecule has 0 aliphatic carbocycles. The van der Waals surface area contributed by atoms with Crippen molar-refractivity contribution in [3.8, 4) is 0 Å². The molecule has 19 heavy (non-hydrogen) atoms. The molecular weight excluding hydrogens is 236 g/mol. The Morgan fingerprint density at radius 2 is 1.58 bits per heavy atom. The van der Waals surface area contributed by atoms with E-state index in [1.165, 1.54) is 11.1 Å². The summed E-state index contributed by atoms with van der Waals surface area (Å²) in [5.74, 6) is -0.881. The number of rotatable bonds is 4. The molecule has 0 heterocycles. The van der Waals surface area contributed by atoms with E-state index in [9.17, 15) is 4.79 Å². The number of aliphatic carboxylic acids is 1. The van der Waals surface area contributed by atoms with E-state index in [1.54, 1.807) is 13.0 Å². The van der Waals surface area contributed by atoms with E-state index in [4.69, 9.17) is 5.11 Å². The van der Waals surface area contributed by atoms with E-state index in [2.05, 4.69) is 12.1 Å². The van der Waals surface area contributed by atoms with Crippen molar-refractivity contribution in [3.63, 3.8) is 0 Å². The van der Waals surface area contributed by atoms with Gasteiger partial charge in [0.25, 0.3) is 0 Å². The van der Waals surface area contributed by atoms with Crippen LogP contribution in [0.25, 0.3) is 6.08 Å². The van der Waals surface area contributed by atoms with Crippen molar-refractivity contribution in [2.75, 3.05) is 0 Å². The molecule has 96 valence electrons. The fraction of sp³-hybridized carbons (Fsp3) is 0.118. The number of carbonyl (C=O) groups is 1. The third-order valence-electron chi connectivity index (χ3n) is 2.95. The zero-order valence-corrected chi connectivity index (χ0v) is 10.8. The standard InChI is InChI=1S/C17H16O2/c1-13(17(18)19)11-15-7-9-16(10-8-15)12-14-5-3-2-4-6-14/h2-11H,12H2,1H3,(H,18,19). The smallest absolute Gasteiger partial charge is 0.331 e. The van der Waals surface area contributed by atoms with Gasteiger partial charge in [0.2, 0.25) is 0 Å². The second-order valence-electron chi connectivity index (χ2n) is 4.54. The molecule has 1 N–H and O–H groups in total. The van der Waals surface area contributed by atoms with E-state index in [-0.39, 0.29) is 0 Å². The molecule has 2 aromatic rings. The van der Waals surface area contributed by atoms with E-state index in [0.717, 1.165) is 12.0 Å². The quantitative estimate of drug-likeness (QED) is 0.841. The van der Waals surface area contributed by atoms with Gasteiger partial charge in [0.15, 0.2) is 0 Å². The maximum atomic E-state index is 10.7. The minimum atomic E-state index is -0.881. The van der Waals surface area contributed by atoms with Crippen molar-refractivity contribution < 1.29 is 9.90 Å². The topological polar surface area (TPSA) is 37.3 Å². The van der Waals surface area contributed by atoms with Crippen molar-refractivity contribution in [2.24, 2.45) is 0 Å². The fourth-order valence-electron chi connectivity index (χ4n) is 1.88. The van der Waals surface area contributed by atoms with Crippen molar-refractivity contribution in [2.45, 2.75) is 13.3 Å². The first-order valence-corrected chi connectivity index (χ1v) is 6.19. The lowest BCUT2D eigenvalue weighted by atomic mass is 10.0. The molecule has 0 unspecified atom stereocenters. The zero-order valence-electron chi connectivity index (χ0n) is 10.8. The van der Waals surface area contributed by atoms with Crippen LogP contribution in [-0.4, -0.2) is 11.1 Å². The summed E-state index contributed by atoms with van der Waals surface area (Å²) in [7, 11) is 0. The maximum absolute atomic E-state index is 10.7. The number of benzene rings is 2. The van der Waals surface area contributed by atoms with Gasteiger partial charge >= 0.3 is 5.97 Å². The fourth-order valence-corrected chi connectivity index (χ4v) is 1.88. The van der Waals surface area contributed by atoms with E-state index < -0.39 is 5.97 Å². The lowest BCUT2D eigenvalue weighted by molar-refractivity contribution is -0.132. The van der Waals surface area contributed by atoms with Crippen molar-refractivity contribution >= 4 is 12.0 Å². The average Bonchev–Trinajstić information content (AvgIpc) is 2.42. The van der Waals surface area contributed by atoms with Crippen LogP contribution in [0.1, 0.15) is 23.6 Å².